The largest absolute Gasteiger partial charge is 0.455 e. The molecule has 11 aromatic rings. The van der Waals surface area contributed by atoms with Crippen molar-refractivity contribution in [2.45, 2.75) is 0 Å². The molecule has 282 valence electrons. The zero-order valence-electron chi connectivity index (χ0n) is 32.9. The number of hydrogen-bond acceptors (Lipinski definition) is 2. The Labute approximate surface area is 349 Å². The molecule has 60 heavy (non-hydrogen) atoms. The predicted molar refractivity (Wildman–Crippen MR) is 253 cm³/mol. The van der Waals surface area contributed by atoms with Gasteiger partial charge in [-0.05, 0) is 80.4 Å². The second-order valence-corrected chi connectivity index (χ2v) is 15.3. The number of nitrogens with zero attached hydrogens (tertiary/aromatic N) is 1. The summed E-state index contributed by atoms with van der Waals surface area (Å²) in [5.74, 6) is 0. The zero-order chi connectivity index (χ0) is 39.8. The van der Waals surface area contributed by atoms with Crippen molar-refractivity contribution in [2.75, 3.05) is 4.90 Å². The number of para-hydroxylation sites is 1. The van der Waals surface area contributed by atoms with Gasteiger partial charge in [-0.1, -0.05) is 206 Å². The van der Waals surface area contributed by atoms with Crippen molar-refractivity contribution in [1.82, 2.24) is 0 Å². The fraction of sp³-hybridized carbons (Fsp3) is 0. The molecular weight excluding hydrogens is 727 g/mol. The highest BCUT2D eigenvalue weighted by molar-refractivity contribution is 6.22. The molecular formula is C58H39NO. The maximum atomic E-state index is 6.84. The third-order valence-corrected chi connectivity index (χ3v) is 11.7. The molecule has 0 unspecified atom stereocenters. The molecule has 0 saturated carbocycles. The van der Waals surface area contributed by atoms with Crippen LogP contribution in [0.3, 0.4) is 0 Å². The molecule has 0 bridgehead atoms. The fourth-order valence-corrected chi connectivity index (χ4v) is 8.75. The van der Waals surface area contributed by atoms with Gasteiger partial charge in [0.05, 0.1) is 11.4 Å². The summed E-state index contributed by atoms with van der Waals surface area (Å²) in [7, 11) is 0. The van der Waals surface area contributed by atoms with Crippen LogP contribution in [0.1, 0.15) is 0 Å². The van der Waals surface area contributed by atoms with E-state index in [2.05, 4.69) is 241 Å². The van der Waals surface area contributed by atoms with Crippen molar-refractivity contribution in [3.05, 3.63) is 237 Å². The van der Waals surface area contributed by atoms with Gasteiger partial charge in [-0.25, -0.2) is 0 Å². The van der Waals surface area contributed by atoms with Gasteiger partial charge in [-0.15, -0.1) is 0 Å². The molecule has 1 aromatic heterocycles. The average molecular weight is 766 g/mol. The van der Waals surface area contributed by atoms with Gasteiger partial charge in [0.1, 0.15) is 11.2 Å². The van der Waals surface area contributed by atoms with Crippen molar-refractivity contribution >= 4 is 49.8 Å². The summed E-state index contributed by atoms with van der Waals surface area (Å²) in [6.07, 6.45) is 0. The summed E-state index contributed by atoms with van der Waals surface area (Å²) in [5, 5.41) is 4.38. The molecule has 0 aliphatic rings. The lowest BCUT2D eigenvalue weighted by atomic mass is 9.95. The Morgan fingerprint density at radius 2 is 0.717 bits per heavy atom. The van der Waals surface area contributed by atoms with E-state index in [1.165, 1.54) is 33.4 Å². The normalized spacial score (nSPS) is 11.3. The fourth-order valence-electron chi connectivity index (χ4n) is 8.75. The van der Waals surface area contributed by atoms with Gasteiger partial charge in [-0.2, -0.15) is 0 Å². The second kappa shape index (κ2) is 15.1. The molecule has 0 saturated heterocycles. The topological polar surface area (TPSA) is 16.4 Å². The van der Waals surface area contributed by atoms with Crippen LogP contribution in [0.4, 0.5) is 17.1 Å². The van der Waals surface area contributed by atoms with Crippen molar-refractivity contribution in [1.29, 1.82) is 0 Å². The van der Waals surface area contributed by atoms with Crippen LogP contribution in [0.5, 0.6) is 0 Å². The highest BCUT2D eigenvalue weighted by atomic mass is 16.3. The van der Waals surface area contributed by atoms with E-state index < -0.39 is 0 Å². The Balaban J connectivity index is 1.10. The van der Waals surface area contributed by atoms with Gasteiger partial charge >= 0.3 is 0 Å². The van der Waals surface area contributed by atoms with Crippen LogP contribution < -0.4 is 4.90 Å². The molecule has 0 aliphatic carbocycles. The van der Waals surface area contributed by atoms with Gasteiger partial charge in [0.25, 0.3) is 0 Å². The van der Waals surface area contributed by atoms with Gasteiger partial charge in [0.2, 0.25) is 0 Å². The summed E-state index contributed by atoms with van der Waals surface area (Å²) in [4.78, 5) is 2.43. The standard InChI is InChI=1S/C58H39NO/c1-4-15-40(16-5-1)42-27-29-44(30-28-42)45-35-37-48(38-36-45)59(54-25-13-12-21-49(54)46-19-8-3-9-20-46)55-39-53-57-50(47-33-31-43(32-34-47)41-17-6-2-7-18-41)24-14-26-56(57)60-58(53)52-23-11-10-22-51(52)55/h1-39H. The first-order chi connectivity index (χ1) is 29.8. The molecule has 2 nitrogen and oxygen atoms in total. The minimum Gasteiger partial charge on any atom is -0.455 e. The van der Waals surface area contributed by atoms with Crippen LogP contribution in [0.25, 0.3) is 88.3 Å². The number of anilines is 3. The van der Waals surface area contributed by atoms with E-state index in [0.717, 1.165) is 72.0 Å². The maximum absolute atomic E-state index is 6.84. The first kappa shape index (κ1) is 35.2. The Morgan fingerprint density at radius 1 is 0.283 bits per heavy atom. The van der Waals surface area contributed by atoms with Crippen LogP contribution in [0, 0.1) is 0 Å². The summed E-state index contributed by atoms with van der Waals surface area (Å²) < 4.78 is 6.84. The van der Waals surface area contributed by atoms with Crippen molar-refractivity contribution in [2.24, 2.45) is 0 Å². The summed E-state index contributed by atoms with van der Waals surface area (Å²) >= 11 is 0. The Morgan fingerprint density at radius 3 is 1.32 bits per heavy atom. The molecule has 0 aliphatic heterocycles. The van der Waals surface area contributed by atoms with E-state index in [0.29, 0.717) is 0 Å². The molecule has 0 N–H and O–H groups in total. The van der Waals surface area contributed by atoms with Gasteiger partial charge in [0, 0.05) is 32.8 Å². The highest BCUT2D eigenvalue weighted by Gasteiger charge is 2.23. The van der Waals surface area contributed by atoms with E-state index in [-0.39, 0.29) is 0 Å². The molecule has 0 fully saturated rings. The van der Waals surface area contributed by atoms with Crippen molar-refractivity contribution < 1.29 is 4.42 Å². The number of hydrogen-bond donors (Lipinski definition) is 0. The second-order valence-electron chi connectivity index (χ2n) is 15.3. The minimum atomic E-state index is 0.871. The third-order valence-electron chi connectivity index (χ3n) is 11.7. The lowest BCUT2D eigenvalue weighted by molar-refractivity contribution is 0.673. The number of benzene rings is 10. The Bertz CT molecular complexity index is 3260. The lowest BCUT2D eigenvalue weighted by Gasteiger charge is -2.29. The molecule has 10 aromatic carbocycles. The smallest absolute Gasteiger partial charge is 0.143 e. The third kappa shape index (κ3) is 6.32. The minimum absolute atomic E-state index is 0.871. The van der Waals surface area contributed by atoms with E-state index in [1.54, 1.807) is 0 Å². The van der Waals surface area contributed by atoms with Crippen LogP contribution in [-0.2, 0) is 0 Å². The van der Waals surface area contributed by atoms with E-state index in [9.17, 15) is 0 Å². The van der Waals surface area contributed by atoms with Gasteiger partial charge < -0.3 is 9.32 Å². The lowest BCUT2D eigenvalue weighted by Crippen LogP contribution is -2.12. The first-order valence-electron chi connectivity index (χ1n) is 20.5. The molecule has 0 spiro atoms. The molecule has 0 amide bonds. The SMILES string of the molecule is c1ccc(-c2ccc(-c3ccc(N(c4ccccc4-c4ccccc4)c4cc5c(oc6cccc(-c7ccc(-c8ccccc8)cc7)c65)c5ccccc45)cc3)cc2)cc1. The van der Waals surface area contributed by atoms with Gasteiger partial charge in [-0.3, -0.25) is 0 Å². The van der Waals surface area contributed by atoms with E-state index in [1.807, 2.05) is 0 Å². The monoisotopic (exact) mass is 765 g/mol. The molecule has 0 atom stereocenters. The van der Waals surface area contributed by atoms with Gasteiger partial charge in [0.15, 0.2) is 0 Å². The average Bonchev–Trinajstić information content (AvgIpc) is 3.72. The quantitative estimate of drug-likeness (QED) is 0.153. The van der Waals surface area contributed by atoms with E-state index in [4.69, 9.17) is 4.42 Å². The molecule has 2 heteroatoms. The summed E-state index contributed by atoms with van der Waals surface area (Å²) in [6, 6.07) is 84.7. The van der Waals surface area contributed by atoms with E-state index >= 15 is 0 Å². The summed E-state index contributed by atoms with van der Waals surface area (Å²) in [5.41, 5.74) is 16.8. The predicted octanol–water partition coefficient (Wildman–Crippen LogP) is 16.5. The molecule has 11 rings (SSSR count). The number of rotatable bonds is 8. The summed E-state index contributed by atoms with van der Waals surface area (Å²) in [6.45, 7) is 0. The van der Waals surface area contributed by atoms with Crippen LogP contribution in [0.2, 0.25) is 0 Å². The number of furan rings is 1. The Hall–Kier alpha value is -7.94. The van der Waals surface area contributed by atoms with Crippen molar-refractivity contribution in [3.63, 3.8) is 0 Å². The van der Waals surface area contributed by atoms with Crippen LogP contribution >= 0.6 is 0 Å². The van der Waals surface area contributed by atoms with Crippen molar-refractivity contribution in [3.8, 4) is 55.6 Å². The number of fused-ring (bicyclic) bond motifs is 5. The Kier molecular flexibility index (Phi) is 8.87. The molecule has 1 heterocycles. The molecule has 0 radical (unpaired) electrons. The zero-order valence-corrected chi connectivity index (χ0v) is 32.9. The van der Waals surface area contributed by atoms with Crippen LogP contribution in [-0.4, -0.2) is 0 Å². The van der Waals surface area contributed by atoms with Crippen LogP contribution in [0.15, 0.2) is 241 Å². The first-order valence-corrected chi connectivity index (χ1v) is 20.5. The highest BCUT2D eigenvalue weighted by Crippen LogP contribution is 2.48. The maximum Gasteiger partial charge on any atom is 0.143 e.